The zero-order chi connectivity index (χ0) is 15.5. The second-order valence-electron chi connectivity index (χ2n) is 5.07. The first kappa shape index (κ1) is 14.6. The number of hydrogen-bond donors (Lipinski definition) is 1. The molecule has 0 radical (unpaired) electrons. The number of anilines is 1. The number of aliphatic carboxylic acids is 1. The maximum absolute atomic E-state index is 10.8. The summed E-state index contributed by atoms with van der Waals surface area (Å²) in [5.41, 5.74) is 0.939. The number of halogens is 1. The van der Waals surface area contributed by atoms with Gasteiger partial charge in [-0.3, -0.25) is 9.78 Å². The molecule has 1 aliphatic heterocycles. The van der Waals surface area contributed by atoms with E-state index in [0.717, 1.165) is 5.56 Å². The largest absolute Gasteiger partial charge is 0.481 e. The topological polar surface area (TPSA) is 75.5 Å². The van der Waals surface area contributed by atoms with E-state index in [9.17, 15) is 4.79 Å². The first-order chi connectivity index (χ1) is 10.6. The predicted molar refractivity (Wildman–Crippen MR) is 81.2 cm³/mol. The number of carbonyl (C=O) groups is 1. The Kier molecular flexibility index (Phi) is 4.11. The summed E-state index contributed by atoms with van der Waals surface area (Å²) in [6.45, 7) is 1.24. The molecule has 7 heteroatoms. The minimum Gasteiger partial charge on any atom is -0.481 e. The number of aromatic nitrogens is 2. The quantitative estimate of drug-likeness (QED) is 0.911. The van der Waals surface area contributed by atoms with Crippen molar-refractivity contribution in [2.75, 3.05) is 18.0 Å². The normalized spacial score (nSPS) is 14.5. The Labute approximate surface area is 132 Å². The smallest absolute Gasteiger partial charge is 0.310 e. The van der Waals surface area contributed by atoms with Crippen LogP contribution in [0.2, 0.25) is 5.02 Å². The van der Waals surface area contributed by atoms with Gasteiger partial charge in [-0.05, 0) is 17.7 Å². The summed E-state index contributed by atoms with van der Waals surface area (Å²) in [6, 6.07) is 7.39. The Bertz CT molecular complexity index is 689. The minimum atomic E-state index is -0.780. The molecule has 22 heavy (non-hydrogen) atoms. The van der Waals surface area contributed by atoms with Gasteiger partial charge < -0.3 is 14.7 Å². The second-order valence-corrected chi connectivity index (χ2v) is 5.51. The van der Waals surface area contributed by atoms with Crippen LogP contribution in [-0.4, -0.2) is 34.1 Å². The fourth-order valence-corrected chi connectivity index (χ4v) is 2.38. The van der Waals surface area contributed by atoms with Crippen LogP contribution in [0.3, 0.4) is 0 Å². The van der Waals surface area contributed by atoms with E-state index in [4.69, 9.17) is 21.4 Å². The van der Waals surface area contributed by atoms with Gasteiger partial charge in [0.05, 0.1) is 18.3 Å². The van der Waals surface area contributed by atoms with Gasteiger partial charge in [0.25, 0.3) is 0 Å². The van der Waals surface area contributed by atoms with Crippen LogP contribution in [0.15, 0.2) is 36.7 Å². The molecule has 1 aliphatic rings. The van der Waals surface area contributed by atoms with Crippen molar-refractivity contribution in [2.45, 2.75) is 6.61 Å². The molecule has 0 unspecified atom stereocenters. The minimum absolute atomic E-state index is 0.335. The molecule has 3 rings (SSSR count). The van der Waals surface area contributed by atoms with E-state index in [2.05, 4.69) is 9.97 Å². The van der Waals surface area contributed by atoms with Gasteiger partial charge >= 0.3 is 5.97 Å². The molecule has 0 aliphatic carbocycles. The average Bonchev–Trinajstić information content (AvgIpc) is 2.44. The first-order valence-corrected chi connectivity index (χ1v) is 7.16. The molecule has 0 bridgehead atoms. The molecule has 1 N–H and O–H groups in total. The fraction of sp³-hybridized carbons (Fsp3) is 0.267. The Balaban J connectivity index is 1.61. The van der Waals surface area contributed by atoms with Crippen LogP contribution in [0.4, 0.5) is 5.82 Å². The monoisotopic (exact) mass is 319 g/mol. The van der Waals surface area contributed by atoms with Crippen molar-refractivity contribution in [3.05, 3.63) is 47.2 Å². The van der Waals surface area contributed by atoms with Gasteiger partial charge in [-0.25, -0.2) is 0 Å². The average molecular weight is 320 g/mol. The van der Waals surface area contributed by atoms with Gasteiger partial charge in [-0.15, -0.1) is 0 Å². The van der Waals surface area contributed by atoms with Gasteiger partial charge in [0, 0.05) is 18.1 Å². The summed E-state index contributed by atoms with van der Waals surface area (Å²) in [4.78, 5) is 21.1. The third kappa shape index (κ3) is 3.28. The van der Waals surface area contributed by atoms with Crippen molar-refractivity contribution in [1.82, 2.24) is 9.97 Å². The highest BCUT2D eigenvalue weighted by Crippen LogP contribution is 2.24. The van der Waals surface area contributed by atoms with E-state index < -0.39 is 5.97 Å². The van der Waals surface area contributed by atoms with Crippen molar-refractivity contribution in [1.29, 1.82) is 0 Å². The second kappa shape index (κ2) is 6.19. The number of nitrogens with zero attached hydrogens (tertiary/aromatic N) is 3. The molecule has 1 aromatic carbocycles. The van der Waals surface area contributed by atoms with Crippen molar-refractivity contribution in [2.24, 2.45) is 5.92 Å². The zero-order valence-corrected chi connectivity index (χ0v) is 12.4. The zero-order valence-electron chi connectivity index (χ0n) is 11.6. The number of carboxylic acids is 1. The molecule has 114 valence electrons. The van der Waals surface area contributed by atoms with E-state index in [-0.39, 0.29) is 5.92 Å². The molecule has 2 aromatic rings. The summed E-state index contributed by atoms with van der Waals surface area (Å²) in [7, 11) is 0. The van der Waals surface area contributed by atoms with Crippen molar-refractivity contribution >= 4 is 23.4 Å². The molecule has 0 amide bonds. The van der Waals surface area contributed by atoms with Crippen LogP contribution in [0.1, 0.15) is 5.56 Å². The third-order valence-corrected chi connectivity index (χ3v) is 3.67. The van der Waals surface area contributed by atoms with E-state index in [1.807, 2.05) is 23.1 Å². The van der Waals surface area contributed by atoms with Gasteiger partial charge in [0.1, 0.15) is 6.61 Å². The highest BCUT2D eigenvalue weighted by atomic mass is 35.5. The fourth-order valence-electron chi connectivity index (χ4n) is 2.17. The Morgan fingerprint density at radius 1 is 1.41 bits per heavy atom. The summed E-state index contributed by atoms with van der Waals surface area (Å²) in [5.74, 6) is -0.0900. The molecule has 1 saturated heterocycles. The van der Waals surface area contributed by atoms with E-state index in [1.165, 1.54) is 6.20 Å². The van der Waals surface area contributed by atoms with Crippen LogP contribution < -0.4 is 9.64 Å². The van der Waals surface area contributed by atoms with Crippen LogP contribution in [0, 0.1) is 5.92 Å². The SMILES string of the molecule is O=C(O)C1CN(c2cncc(OCc3cccc(Cl)c3)n2)C1. The summed E-state index contributed by atoms with van der Waals surface area (Å²) in [6.07, 6.45) is 3.13. The highest BCUT2D eigenvalue weighted by Gasteiger charge is 2.33. The molecule has 0 atom stereocenters. The molecule has 1 aromatic heterocycles. The maximum Gasteiger partial charge on any atom is 0.310 e. The van der Waals surface area contributed by atoms with E-state index in [0.29, 0.717) is 36.4 Å². The lowest BCUT2D eigenvalue weighted by Crippen LogP contribution is -2.50. The Morgan fingerprint density at radius 2 is 2.23 bits per heavy atom. The maximum atomic E-state index is 10.8. The molecule has 1 fully saturated rings. The number of benzene rings is 1. The number of ether oxygens (including phenoxy) is 1. The van der Waals surface area contributed by atoms with E-state index in [1.54, 1.807) is 12.3 Å². The van der Waals surface area contributed by atoms with Crippen LogP contribution in [-0.2, 0) is 11.4 Å². The Hall–Kier alpha value is -2.34. The summed E-state index contributed by atoms with van der Waals surface area (Å²) < 4.78 is 5.61. The number of carboxylic acid groups (broad SMARTS) is 1. The Morgan fingerprint density at radius 3 is 2.95 bits per heavy atom. The van der Waals surface area contributed by atoms with E-state index >= 15 is 0 Å². The molecule has 0 saturated carbocycles. The van der Waals surface area contributed by atoms with Gasteiger partial charge in [0.2, 0.25) is 5.88 Å². The summed E-state index contributed by atoms with van der Waals surface area (Å²) in [5, 5.41) is 9.54. The van der Waals surface area contributed by atoms with Crippen molar-refractivity contribution in [3.63, 3.8) is 0 Å². The standard InChI is InChI=1S/C15H14ClN3O3/c16-12-3-1-2-10(4-12)9-22-14-6-17-5-13(18-14)19-7-11(8-19)15(20)21/h1-6,11H,7-9H2,(H,20,21). The van der Waals surface area contributed by atoms with Gasteiger partial charge in [0.15, 0.2) is 5.82 Å². The first-order valence-electron chi connectivity index (χ1n) is 6.79. The number of rotatable bonds is 5. The van der Waals surface area contributed by atoms with Crippen LogP contribution in [0.5, 0.6) is 5.88 Å². The lowest BCUT2D eigenvalue weighted by Gasteiger charge is -2.37. The van der Waals surface area contributed by atoms with Crippen molar-refractivity contribution < 1.29 is 14.6 Å². The molecular weight excluding hydrogens is 306 g/mol. The lowest BCUT2D eigenvalue weighted by molar-refractivity contribution is -0.142. The predicted octanol–water partition coefficient (Wildman–Crippen LogP) is 2.23. The highest BCUT2D eigenvalue weighted by molar-refractivity contribution is 6.30. The molecule has 0 spiro atoms. The lowest BCUT2D eigenvalue weighted by atomic mass is 10.0. The van der Waals surface area contributed by atoms with Crippen LogP contribution >= 0.6 is 11.6 Å². The molecule has 2 heterocycles. The molecule has 6 nitrogen and oxygen atoms in total. The molecular formula is C15H14ClN3O3. The summed E-state index contributed by atoms with van der Waals surface area (Å²) >= 11 is 5.92. The van der Waals surface area contributed by atoms with Gasteiger partial charge in [-0.1, -0.05) is 23.7 Å². The number of hydrogen-bond acceptors (Lipinski definition) is 5. The van der Waals surface area contributed by atoms with Gasteiger partial charge in [-0.2, -0.15) is 4.98 Å². The third-order valence-electron chi connectivity index (χ3n) is 3.43. The van der Waals surface area contributed by atoms with Crippen molar-refractivity contribution in [3.8, 4) is 5.88 Å². The van der Waals surface area contributed by atoms with Crippen LogP contribution in [0.25, 0.3) is 0 Å².